The molecule has 0 aliphatic carbocycles. The highest BCUT2D eigenvalue weighted by molar-refractivity contribution is 7.91. The smallest absolute Gasteiger partial charge is 0.228 e. The number of sulfone groups is 1. The Morgan fingerprint density at radius 3 is 2.20 bits per heavy atom. The van der Waals surface area contributed by atoms with E-state index in [1.54, 1.807) is 55.5 Å². The highest BCUT2D eigenvalue weighted by Gasteiger charge is 2.13. The Kier molecular flexibility index (Phi) is 7.09. The van der Waals surface area contributed by atoms with E-state index < -0.39 is 9.84 Å². The van der Waals surface area contributed by atoms with Gasteiger partial charge in [-0.05, 0) is 48.0 Å². The van der Waals surface area contributed by atoms with Crippen molar-refractivity contribution in [2.75, 3.05) is 11.1 Å². The number of nitrogens with one attached hydrogen (secondary N) is 1. The molecule has 3 rings (SSSR count). The molecule has 0 radical (unpaired) electrons. The lowest BCUT2D eigenvalue weighted by Crippen LogP contribution is -2.14. The fraction of sp³-hybridized carbons (Fsp3) is 0.136. The fourth-order valence-electron chi connectivity index (χ4n) is 2.89. The third kappa shape index (κ3) is 5.35. The number of anilines is 1. The molecule has 0 aromatic heterocycles. The summed E-state index contributed by atoms with van der Waals surface area (Å²) in [7, 11) is -3.26. The second-order valence-corrected chi connectivity index (χ2v) is 10.1. The summed E-state index contributed by atoms with van der Waals surface area (Å²) in [5, 5.41) is 4.28. The highest BCUT2D eigenvalue weighted by atomic mass is 35.5. The summed E-state index contributed by atoms with van der Waals surface area (Å²) in [6, 6.07) is 16.6. The minimum atomic E-state index is -3.26. The summed E-state index contributed by atoms with van der Waals surface area (Å²) in [4.78, 5) is 12.6. The van der Waals surface area contributed by atoms with E-state index in [4.69, 9.17) is 34.8 Å². The van der Waals surface area contributed by atoms with Crippen molar-refractivity contribution in [1.82, 2.24) is 0 Å². The number of rotatable bonds is 6. The molecular formula is C22H18Cl3NO3S. The second-order valence-electron chi connectivity index (χ2n) is 6.59. The van der Waals surface area contributed by atoms with Crippen molar-refractivity contribution < 1.29 is 13.2 Å². The van der Waals surface area contributed by atoms with Crippen LogP contribution in [0.2, 0.25) is 15.1 Å². The molecule has 0 unspecified atom stereocenters. The van der Waals surface area contributed by atoms with E-state index in [9.17, 15) is 13.2 Å². The number of amides is 1. The normalized spacial score (nSPS) is 11.3. The molecule has 30 heavy (non-hydrogen) atoms. The topological polar surface area (TPSA) is 63.2 Å². The van der Waals surface area contributed by atoms with Crippen molar-refractivity contribution in [2.24, 2.45) is 0 Å². The van der Waals surface area contributed by atoms with Crippen molar-refractivity contribution in [2.45, 2.75) is 18.2 Å². The van der Waals surface area contributed by atoms with Gasteiger partial charge in [0.25, 0.3) is 0 Å². The van der Waals surface area contributed by atoms with Gasteiger partial charge >= 0.3 is 0 Å². The third-order valence-electron chi connectivity index (χ3n) is 4.50. The van der Waals surface area contributed by atoms with Crippen LogP contribution in [0.1, 0.15) is 12.5 Å². The van der Waals surface area contributed by atoms with Gasteiger partial charge in [-0.2, -0.15) is 0 Å². The van der Waals surface area contributed by atoms with Crippen LogP contribution in [0.15, 0.2) is 65.6 Å². The Balaban J connectivity index is 1.71. The van der Waals surface area contributed by atoms with Crippen molar-refractivity contribution >= 4 is 56.2 Å². The van der Waals surface area contributed by atoms with Gasteiger partial charge in [-0.25, -0.2) is 8.42 Å². The van der Waals surface area contributed by atoms with Gasteiger partial charge in [0.15, 0.2) is 9.84 Å². The van der Waals surface area contributed by atoms with E-state index in [2.05, 4.69) is 5.32 Å². The van der Waals surface area contributed by atoms with E-state index in [1.807, 2.05) is 0 Å². The van der Waals surface area contributed by atoms with Crippen LogP contribution in [0.5, 0.6) is 0 Å². The first-order chi connectivity index (χ1) is 14.2. The standard InChI is InChI=1S/C22H18Cl3NO3S/c1-2-30(28,29)17-7-3-14(4-8-17)11-22(27)26-16-6-9-18(21(25)13-16)19-12-15(23)5-10-20(19)24/h3-10,12-13H,2,11H2,1H3,(H,26,27). The molecular weight excluding hydrogens is 465 g/mol. The molecule has 0 fully saturated rings. The van der Waals surface area contributed by atoms with Crippen LogP contribution in [-0.2, 0) is 21.1 Å². The largest absolute Gasteiger partial charge is 0.326 e. The first-order valence-electron chi connectivity index (χ1n) is 9.06. The molecule has 3 aromatic rings. The molecule has 3 aromatic carbocycles. The Labute approximate surface area is 190 Å². The van der Waals surface area contributed by atoms with Crippen molar-refractivity contribution in [3.63, 3.8) is 0 Å². The quantitative estimate of drug-likeness (QED) is 0.449. The number of hydrogen-bond donors (Lipinski definition) is 1. The number of carbonyl (C=O) groups excluding carboxylic acids is 1. The van der Waals surface area contributed by atoms with E-state index in [0.717, 1.165) is 0 Å². The monoisotopic (exact) mass is 481 g/mol. The van der Waals surface area contributed by atoms with Crippen LogP contribution in [0.3, 0.4) is 0 Å². The molecule has 0 spiro atoms. The maximum Gasteiger partial charge on any atom is 0.228 e. The van der Waals surface area contributed by atoms with Crippen molar-refractivity contribution in [3.05, 3.63) is 81.3 Å². The van der Waals surface area contributed by atoms with Gasteiger partial charge in [0, 0.05) is 26.9 Å². The minimum absolute atomic E-state index is 0.0317. The molecule has 4 nitrogen and oxygen atoms in total. The van der Waals surface area contributed by atoms with Gasteiger partial charge in [-0.15, -0.1) is 0 Å². The number of carbonyl (C=O) groups is 1. The molecule has 0 heterocycles. The van der Waals surface area contributed by atoms with E-state index in [1.165, 1.54) is 12.1 Å². The zero-order chi connectivity index (χ0) is 21.9. The predicted molar refractivity (Wildman–Crippen MR) is 123 cm³/mol. The van der Waals surface area contributed by atoms with Crippen LogP contribution < -0.4 is 5.32 Å². The number of hydrogen-bond acceptors (Lipinski definition) is 3. The van der Waals surface area contributed by atoms with Crippen LogP contribution in [0.25, 0.3) is 11.1 Å². The van der Waals surface area contributed by atoms with Gasteiger partial charge < -0.3 is 5.32 Å². The Morgan fingerprint density at radius 2 is 1.57 bits per heavy atom. The number of halogens is 3. The highest BCUT2D eigenvalue weighted by Crippen LogP contribution is 2.36. The van der Waals surface area contributed by atoms with E-state index in [-0.39, 0.29) is 23.0 Å². The maximum atomic E-state index is 12.4. The van der Waals surface area contributed by atoms with Crippen LogP contribution in [-0.4, -0.2) is 20.1 Å². The van der Waals surface area contributed by atoms with Crippen molar-refractivity contribution in [1.29, 1.82) is 0 Å². The molecule has 0 saturated carbocycles. The summed E-state index contributed by atoms with van der Waals surface area (Å²) >= 11 is 18.7. The van der Waals surface area contributed by atoms with Crippen LogP contribution in [0, 0.1) is 0 Å². The second kappa shape index (κ2) is 9.40. The molecule has 1 N–H and O–H groups in total. The van der Waals surface area contributed by atoms with E-state index >= 15 is 0 Å². The molecule has 0 atom stereocenters. The molecule has 156 valence electrons. The van der Waals surface area contributed by atoms with Crippen LogP contribution in [0.4, 0.5) is 5.69 Å². The van der Waals surface area contributed by atoms with Gasteiger partial charge in [0.1, 0.15) is 0 Å². The third-order valence-corrected chi connectivity index (χ3v) is 7.13. The summed E-state index contributed by atoms with van der Waals surface area (Å²) in [6.45, 7) is 1.59. The lowest BCUT2D eigenvalue weighted by molar-refractivity contribution is -0.115. The summed E-state index contributed by atoms with van der Waals surface area (Å²) in [6.07, 6.45) is 0.103. The molecule has 8 heteroatoms. The van der Waals surface area contributed by atoms with Crippen LogP contribution >= 0.6 is 34.8 Å². The molecule has 0 saturated heterocycles. The first-order valence-corrected chi connectivity index (χ1v) is 11.8. The zero-order valence-electron chi connectivity index (χ0n) is 16.0. The Bertz CT molecular complexity index is 1190. The number of benzene rings is 3. The van der Waals surface area contributed by atoms with Gasteiger partial charge in [0.2, 0.25) is 5.91 Å². The van der Waals surface area contributed by atoms with Gasteiger partial charge in [0.05, 0.1) is 22.1 Å². The lowest BCUT2D eigenvalue weighted by atomic mass is 10.0. The molecule has 0 aliphatic rings. The van der Waals surface area contributed by atoms with E-state index in [0.29, 0.717) is 37.4 Å². The predicted octanol–water partition coefficient (Wildman–Crippen LogP) is 6.29. The lowest BCUT2D eigenvalue weighted by Gasteiger charge is -2.11. The summed E-state index contributed by atoms with van der Waals surface area (Å²) < 4.78 is 23.7. The SMILES string of the molecule is CCS(=O)(=O)c1ccc(CC(=O)Nc2ccc(-c3cc(Cl)ccc3Cl)c(Cl)c2)cc1. The minimum Gasteiger partial charge on any atom is -0.326 e. The Morgan fingerprint density at radius 1 is 0.867 bits per heavy atom. The maximum absolute atomic E-state index is 12.4. The summed E-state index contributed by atoms with van der Waals surface area (Å²) in [5.41, 5.74) is 2.65. The van der Waals surface area contributed by atoms with Gasteiger partial charge in [-0.3, -0.25) is 4.79 Å². The average Bonchev–Trinajstić information content (AvgIpc) is 2.70. The van der Waals surface area contributed by atoms with Crippen molar-refractivity contribution in [3.8, 4) is 11.1 Å². The summed E-state index contributed by atoms with van der Waals surface area (Å²) in [5.74, 6) is -0.213. The fourth-order valence-corrected chi connectivity index (χ4v) is 4.44. The molecule has 0 bridgehead atoms. The Hall–Kier alpha value is -2.05. The average molecular weight is 483 g/mol. The molecule has 0 aliphatic heterocycles. The first kappa shape index (κ1) is 22.6. The van der Waals surface area contributed by atoms with Gasteiger partial charge in [-0.1, -0.05) is 59.9 Å². The zero-order valence-corrected chi connectivity index (χ0v) is 19.0. The molecule has 1 amide bonds.